The Morgan fingerprint density at radius 1 is 1.04 bits per heavy atom. The Morgan fingerprint density at radius 3 is 2.67 bits per heavy atom. The number of thiophene rings is 1. The molecule has 2 aromatic heterocycles. The van der Waals surface area contributed by atoms with Gasteiger partial charge in [-0.1, -0.05) is 30.3 Å². The van der Waals surface area contributed by atoms with Crippen LogP contribution in [0.25, 0.3) is 21.7 Å². The number of nitrogens with zero attached hydrogens (tertiary/aromatic N) is 2. The second-order valence-electron chi connectivity index (χ2n) is 7.17. The number of hydrogen-bond acceptors (Lipinski definition) is 4. The molecular formula is C22H22N2O2S. The van der Waals surface area contributed by atoms with Crippen LogP contribution in [0.1, 0.15) is 11.1 Å². The molecule has 2 aliphatic rings. The van der Waals surface area contributed by atoms with Gasteiger partial charge in [-0.25, -0.2) is 0 Å². The molecule has 0 atom stereocenters. The Bertz CT molecular complexity index is 1020. The van der Waals surface area contributed by atoms with Crippen molar-refractivity contribution < 1.29 is 4.74 Å². The largest absolute Gasteiger partial charge is 0.379 e. The summed E-state index contributed by atoms with van der Waals surface area (Å²) in [6.45, 7) is 5.06. The van der Waals surface area contributed by atoms with Crippen LogP contribution in [0.2, 0.25) is 0 Å². The smallest absolute Gasteiger partial charge is 0.258 e. The number of hydrogen-bond donors (Lipinski definition) is 0. The van der Waals surface area contributed by atoms with E-state index < -0.39 is 0 Å². The lowest BCUT2D eigenvalue weighted by atomic mass is 9.98. The predicted octanol–water partition coefficient (Wildman–Crippen LogP) is 3.63. The van der Waals surface area contributed by atoms with Crippen LogP contribution in [-0.4, -0.2) is 35.8 Å². The third-order valence-electron chi connectivity index (χ3n) is 5.52. The first-order valence-electron chi connectivity index (χ1n) is 9.50. The van der Waals surface area contributed by atoms with Gasteiger partial charge in [-0.15, -0.1) is 11.3 Å². The van der Waals surface area contributed by atoms with Crippen molar-refractivity contribution in [2.24, 2.45) is 0 Å². The van der Waals surface area contributed by atoms with Crippen LogP contribution < -0.4 is 5.56 Å². The molecule has 4 heterocycles. The van der Waals surface area contributed by atoms with E-state index in [2.05, 4.69) is 22.4 Å². The van der Waals surface area contributed by atoms with E-state index in [9.17, 15) is 4.79 Å². The molecule has 0 amide bonds. The van der Waals surface area contributed by atoms with Crippen molar-refractivity contribution in [1.82, 2.24) is 9.47 Å². The molecule has 0 N–H and O–H groups in total. The molecule has 4 nitrogen and oxygen atoms in total. The fourth-order valence-corrected chi connectivity index (χ4v) is 5.17. The van der Waals surface area contributed by atoms with Crippen LogP contribution >= 0.6 is 11.3 Å². The first kappa shape index (κ1) is 16.9. The Balaban J connectivity index is 1.69. The van der Waals surface area contributed by atoms with Gasteiger partial charge >= 0.3 is 0 Å². The van der Waals surface area contributed by atoms with Gasteiger partial charge in [0.2, 0.25) is 0 Å². The molecule has 5 rings (SSSR count). The molecule has 138 valence electrons. The lowest BCUT2D eigenvalue weighted by Gasteiger charge is -2.29. The highest BCUT2D eigenvalue weighted by molar-refractivity contribution is 7.13. The van der Waals surface area contributed by atoms with E-state index in [0.29, 0.717) is 0 Å². The van der Waals surface area contributed by atoms with Gasteiger partial charge in [0, 0.05) is 31.7 Å². The molecule has 0 aliphatic carbocycles. The Labute approximate surface area is 162 Å². The standard InChI is InChI=1S/C22H22N2O2S/c25-22-19(16-4-2-1-3-5-16)14-18(15-23-9-11-26-12-10-23)20-21-17(7-13-27-21)6-8-24(20)22/h1-5,7,13-14H,6,8-12,15H2. The molecule has 0 saturated carbocycles. The van der Waals surface area contributed by atoms with Gasteiger partial charge in [0.1, 0.15) is 0 Å². The third-order valence-corrected chi connectivity index (χ3v) is 6.48. The summed E-state index contributed by atoms with van der Waals surface area (Å²) < 4.78 is 7.52. The number of pyridine rings is 1. The minimum atomic E-state index is 0.126. The molecule has 1 aromatic carbocycles. The highest BCUT2D eigenvalue weighted by Gasteiger charge is 2.25. The summed E-state index contributed by atoms with van der Waals surface area (Å²) in [7, 11) is 0. The van der Waals surface area contributed by atoms with Gasteiger partial charge in [-0.2, -0.15) is 0 Å². The van der Waals surface area contributed by atoms with Crippen molar-refractivity contribution in [1.29, 1.82) is 0 Å². The zero-order valence-corrected chi connectivity index (χ0v) is 16.0. The number of rotatable bonds is 3. The number of morpholine rings is 1. The number of ether oxygens (including phenoxy) is 1. The van der Waals surface area contributed by atoms with E-state index in [1.54, 1.807) is 11.3 Å². The topological polar surface area (TPSA) is 34.5 Å². The summed E-state index contributed by atoms with van der Waals surface area (Å²) in [6.07, 6.45) is 0.932. The fraction of sp³-hybridized carbons (Fsp3) is 0.318. The zero-order valence-electron chi connectivity index (χ0n) is 15.2. The quantitative estimate of drug-likeness (QED) is 0.698. The Hall–Kier alpha value is -2.21. The summed E-state index contributed by atoms with van der Waals surface area (Å²) in [5.41, 5.74) is 5.68. The number of aryl methyl sites for hydroxylation is 1. The average Bonchev–Trinajstić information content (AvgIpc) is 3.20. The van der Waals surface area contributed by atoms with Crippen LogP contribution in [0.3, 0.4) is 0 Å². The van der Waals surface area contributed by atoms with Crippen molar-refractivity contribution in [3.8, 4) is 21.7 Å². The molecule has 0 spiro atoms. The molecule has 1 saturated heterocycles. The van der Waals surface area contributed by atoms with Gasteiger partial charge in [0.15, 0.2) is 0 Å². The maximum absolute atomic E-state index is 13.3. The number of fused-ring (bicyclic) bond motifs is 3. The maximum atomic E-state index is 13.3. The number of benzene rings is 1. The average molecular weight is 378 g/mol. The van der Waals surface area contributed by atoms with Crippen LogP contribution in [0, 0.1) is 0 Å². The fourth-order valence-electron chi connectivity index (χ4n) is 4.12. The second-order valence-corrected chi connectivity index (χ2v) is 8.08. The predicted molar refractivity (Wildman–Crippen MR) is 109 cm³/mol. The molecule has 5 heteroatoms. The van der Waals surface area contributed by atoms with Crippen molar-refractivity contribution in [2.45, 2.75) is 19.5 Å². The monoisotopic (exact) mass is 378 g/mol. The van der Waals surface area contributed by atoms with Crippen LogP contribution in [0.5, 0.6) is 0 Å². The molecule has 1 fully saturated rings. The van der Waals surface area contributed by atoms with E-state index >= 15 is 0 Å². The van der Waals surface area contributed by atoms with Gasteiger partial charge in [-0.3, -0.25) is 9.69 Å². The van der Waals surface area contributed by atoms with Crippen molar-refractivity contribution in [2.75, 3.05) is 26.3 Å². The third kappa shape index (κ3) is 3.06. The van der Waals surface area contributed by atoms with Gasteiger partial charge in [0.25, 0.3) is 5.56 Å². The SMILES string of the molecule is O=c1c(-c2ccccc2)cc(CN2CCOCC2)c2n1CCc1ccsc1-2. The molecule has 3 aromatic rings. The first-order valence-corrected chi connectivity index (χ1v) is 10.4. The number of aromatic nitrogens is 1. The van der Waals surface area contributed by atoms with Crippen LogP contribution in [-0.2, 0) is 24.2 Å². The lowest BCUT2D eigenvalue weighted by molar-refractivity contribution is 0.0342. The zero-order chi connectivity index (χ0) is 18.2. The first-order chi connectivity index (χ1) is 13.3. The molecule has 0 radical (unpaired) electrons. The van der Waals surface area contributed by atoms with E-state index in [4.69, 9.17) is 4.74 Å². The second kappa shape index (κ2) is 7.08. The summed E-state index contributed by atoms with van der Waals surface area (Å²) in [5.74, 6) is 0. The van der Waals surface area contributed by atoms with Crippen molar-refractivity contribution in [3.05, 3.63) is 69.3 Å². The van der Waals surface area contributed by atoms with E-state index in [0.717, 1.165) is 62.6 Å². The lowest BCUT2D eigenvalue weighted by Crippen LogP contribution is -2.37. The van der Waals surface area contributed by atoms with Crippen molar-refractivity contribution >= 4 is 11.3 Å². The Morgan fingerprint density at radius 2 is 1.85 bits per heavy atom. The summed E-state index contributed by atoms with van der Waals surface area (Å²) in [4.78, 5) is 17.0. The van der Waals surface area contributed by atoms with Crippen LogP contribution in [0.4, 0.5) is 0 Å². The van der Waals surface area contributed by atoms with Gasteiger partial charge in [-0.05, 0) is 40.6 Å². The normalized spacial score (nSPS) is 16.7. The van der Waals surface area contributed by atoms with Crippen LogP contribution in [0.15, 0.2) is 52.6 Å². The van der Waals surface area contributed by atoms with Crippen molar-refractivity contribution in [3.63, 3.8) is 0 Å². The molecule has 2 aliphatic heterocycles. The highest BCUT2D eigenvalue weighted by Crippen LogP contribution is 2.37. The van der Waals surface area contributed by atoms with E-state index in [-0.39, 0.29) is 5.56 Å². The van der Waals surface area contributed by atoms with E-state index in [1.165, 1.54) is 16.0 Å². The van der Waals surface area contributed by atoms with Gasteiger partial charge < -0.3 is 9.30 Å². The van der Waals surface area contributed by atoms with Gasteiger partial charge in [0.05, 0.1) is 23.8 Å². The molecular weight excluding hydrogens is 356 g/mol. The summed E-state index contributed by atoms with van der Waals surface area (Å²) in [6, 6.07) is 14.4. The molecule has 0 unspecified atom stereocenters. The molecule has 27 heavy (non-hydrogen) atoms. The minimum Gasteiger partial charge on any atom is -0.379 e. The van der Waals surface area contributed by atoms with E-state index in [1.807, 2.05) is 34.9 Å². The minimum absolute atomic E-state index is 0.126. The molecule has 0 bridgehead atoms. The Kier molecular flexibility index (Phi) is 4.44. The maximum Gasteiger partial charge on any atom is 0.258 e. The summed E-state index contributed by atoms with van der Waals surface area (Å²) in [5, 5.41) is 2.15. The summed E-state index contributed by atoms with van der Waals surface area (Å²) >= 11 is 1.75. The highest BCUT2D eigenvalue weighted by atomic mass is 32.1.